The predicted molar refractivity (Wildman–Crippen MR) is 72.9 cm³/mol. The fourth-order valence-corrected chi connectivity index (χ4v) is 2.52. The van der Waals surface area contributed by atoms with E-state index in [1.54, 1.807) is 12.1 Å². The topological polar surface area (TPSA) is 101 Å². The second-order valence-corrected chi connectivity index (χ2v) is 5.85. The Morgan fingerprint density at radius 2 is 2.11 bits per heavy atom. The standard InChI is InChI=1S/C12H19N3O3S/c1-3-11(13)9-5-4-6-10(7-9)19(17,18)15-8-12(16)14-2/h4-7,11,15H,3,8,13H2,1-2H3,(H,14,16). The van der Waals surface area contributed by atoms with Crippen molar-refractivity contribution in [3.05, 3.63) is 29.8 Å². The van der Waals surface area contributed by atoms with Gasteiger partial charge in [-0.25, -0.2) is 13.1 Å². The molecule has 0 radical (unpaired) electrons. The minimum Gasteiger partial charge on any atom is -0.358 e. The minimum absolute atomic E-state index is 0.109. The maximum absolute atomic E-state index is 12.0. The van der Waals surface area contributed by atoms with Gasteiger partial charge < -0.3 is 11.1 Å². The Hall–Kier alpha value is -1.44. The molecule has 4 N–H and O–H groups in total. The third-order valence-corrected chi connectivity index (χ3v) is 4.14. The van der Waals surface area contributed by atoms with Crippen molar-refractivity contribution in [2.45, 2.75) is 24.3 Å². The molecule has 6 nitrogen and oxygen atoms in total. The van der Waals surface area contributed by atoms with Gasteiger partial charge in [0.2, 0.25) is 15.9 Å². The van der Waals surface area contributed by atoms with Crippen LogP contribution in [-0.2, 0) is 14.8 Å². The van der Waals surface area contributed by atoms with Crippen molar-refractivity contribution in [2.24, 2.45) is 5.73 Å². The Morgan fingerprint density at radius 3 is 2.68 bits per heavy atom. The van der Waals surface area contributed by atoms with Crippen molar-refractivity contribution in [1.82, 2.24) is 10.0 Å². The summed E-state index contributed by atoms with van der Waals surface area (Å²) in [6.07, 6.45) is 0.717. The molecule has 1 aromatic carbocycles. The first-order chi connectivity index (χ1) is 8.90. The number of carbonyl (C=O) groups is 1. The molecule has 0 saturated heterocycles. The summed E-state index contributed by atoms with van der Waals surface area (Å²) in [5, 5.41) is 2.34. The van der Waals surface area contributed by atoms with E-state index in [0.717, 1.165) is 12.0 Å². The molecule has 1 rings (SSSR count). The smallest absolute Gasteiger partial charge is 0.241 e. The number of benzene rings is 1. The highest BCUT2D eigenvalue weighted by Gasteiger charge is 2.16. The monoisotopic (exact) mass is 285 g/mol. The maximum atomic E-state index is 12.0. The number of rotatable bonds is 6. The SMILES string of the molecule is CCC(N)c1cccc(S(=O)(=O)NCC(=O)NC)c1. The van der Waals surface area contributed by atoms with Crippen molar-refractivity contribution in [3.8, 4) is 0 Å². The van der Waals surface area contributed by atoms with Crippen LogP contribution >= 0.6 is 0 Å². The van der Waals surface area contributed by atoms with Crippen LogP contribution in [0.15, 0.2) is 29.2 Å². The molecule has 0 fully saturated rings. The van der Waals surface area contributed by atoms with Gasteiger partial charge in [-0.15, -0.1) is 0 Å². The third kappa shape index (κ3) is 4.30. The largest absolute Gasteiger partial charge is 0.358 e. The summed E-state index contributed by atoms with van der Waals surface area (Å²) in [7, 11) is -2.25. The number of hydrogen-bond acceptors (Lipinski definition) is 4. The molecule has 0 bridgehead atoms. The van der Waals surface area contributed by atoms with Crippen LogP contribution in [0, 0.1) is 0 Å². The van der Waals surface area contributed by atoms with Crippen molar-refractivity contribution < 1.29 is 13.2 Å². The first-order valence-corrected chi connectivity index (χ1v) is 7.44. The van der Waals surface area contributed by atoms with E-state index < -0.39 is 15.9 Å². The molecule has 0 aliphatic rings. The Kier molecular flexibility index (Phi) is 5.46. The van der Waals surface area contributed by atoms with E-state index in [4.69, 9.17) is 5.73 Å². The second kappa shape index (κ2) is 6.65. The summed E-state index contributed by atoms with van der Waals surface area (Å²) in [5.41, 5.74) is 6.63. The number of likely N-dealkylation sites (N-methyl/N-ethyl adjacent to an activating group) is 1. The third-order valence-electron chi connectivity index (χ3n) is 2.74. The molecule has 0 heterocycles. The van der Waals surface area contributed by atoms with Crippen LogP contribution in [0.25, 0.3) is 0 Å². The number of hydrogen-bond donors (Lipinski definition) is 3. The van der Waals surface area contributed by atoms with Gasteiger partial charge >= 0.3 is 0 Å². The van der Waals surface area contributed by atoms with Crippen molar-refractivity contribution in [2.75, 3.05) is 13.6 Å². The van der Waals surface area contributed by atoms with Crippen LogP contribution in [0.3, 0.4) is 0 Å². The molecule has 106 valence electrons. The number of nitrogens with two attached hydrogens (primary N) is 1. The van der Waals surface area contributed by atoms with E-state index in [-0.39, 0.29) is 17.5 Å². The first-order valence-electron chi connectivity index (χ1n) is 5.96. The summed E-state index contributed by atoms with van der Waals surface area (Å²) < 4.78 is 26.2. The summed E-state index contributed by atoms with van der Waals surface area (Å²) >= 11 is 0. The van der Waals surface area contributed by atoms with Gasteiger partial charge in [0.1, 0.15) is 0 Å². The lowest BCUT2D eigenvalue weighted by Gasteiger charge is -2.11. The summed E-state index contributed by atoms with van der Waals surface area (Å²) in [6.45, 7) is 1.64. The quantitative estimate of drug-likeness (QED) is 0.691. The highest BCUT2D eigenvalue weighted by molar-refractivity contribution is 7.89. The molecule has 0 saturated carbocycles. The Bertz CT molecular complexity index is 543. The number of nitrogens with one attached hydrogen (secondary N) is 2. The van der Waals surface area contributed by atoms with Crippen molar-refractivity contribution in [1.29, 1.82) is 0 Å². The molecular formula is C12H19N3O3S. The van der Waals surface area contributed by atoms with E-state index in [0.29, 0.717) is 0 Å². The molecule has 1 aromatic rings. The predicted octanol–water partition coefficient (Wildman–Crippen LogP) is 0.121. The Morgan fingerprint density at radius 1 is 1.42 bits per heavy atom. The van der Waals surface area contributed by atoms with Gasteiger partial charge in [-0.2, -0.15) is 0 Å². The zero-order valence-corrected chi connectivity index (χ0v) is 11.8. The van der Waals surface area contributed by atoms with Crippen LogP contribution in [0.2, 0.25) is 0 Å². The Balaban J connectivity index is 2.92. The fraction of sp³-hybridized carbons (Fsp3) is 0.417. The molecular weight excluding hydrogens is 266 g/mol. The number of sulfonamides is 1. The molecule has 0 aromatic heterocycles. The molecule has 0 spiro atoms. The van der Waals surface area contributed by atoms with E-state index in [1.165, 1.54) is 19.2 Å². The number of carbonyl (C=O) groups excluding carboxylic acids is 1. The number of amides is 1. The molecule has 7 heteroatoms. The van der Waals surface area contributed by atoms with Gasteiger partial charge in [0, 0.05) is 13.1 Å². The summed E-state index contributed by atoms with van der Waals surface area (Å²) in [4.78, 5) is 11.2. The van der Waals surface area contributed by atoms with E-state index in [1.807, 2.05) is 6.92 Å². The van der Waals surface area contributed by atoms with Gasteiger partial charge in [-0.3, -0.25) is 4.79 Å². The van der Waals surface area contributed by atoms with Crippen LogP contribution in [-0.4, -0.2) is 27.9 Å². The maximum Gasteiger partial charge on any atom is 0.241 e. The lowest BCUT2D eigenvalue weighted by molar-refractivity contribution is -0.119. The lowest BCUT2D eigenvalue weighted by atomic mass is 10.1. The lowest BCUT2D eigenvalue weighted by Crippen LogP contribution is -2.35. The van der Waals surface area contributed by atoms with Gasteiger partial charge in [0.15, 0.2) is 0 Å². The Labute approximate surface area is 113 Å². The fourth-order valence-electron chi connectivity index (χ4n) is 1.48. The molecule has 1 amide bonds. The highest BCUT2D eigenvalue weighted by atomic mass is 32.2. The normalized spacial score (nSPS) is 13.0. The van der Waals surface area contributed by atoms with Gasteiger partial charge in [-0.05, 0) is 24.1 Å². The molecule has 1 atom stereocenters. The summed E-state index contributed by atoms with van der Waals surface area (Å²) in [6, 6.07) is 6.22. The van der Waals surface area contributed by atoms with E-state index >= 15 is 0 Å². The summed E-state index contributed by atoms with van der Waals surface area (Å²) in [5.74, 6) is -0.398. The average molecular weight is 285 g/mol. The van der Waals surface area contributed by atoms with Gasteiger partial charge in [0.25, 0.3) is 0 Å². The molecule has 19 heavy (non-hydrogen) atoms. The highest BCUT2D eigenvalue weighted by Crippen LogP contribution is 2.17. The second-order valence-electron chi connectivity index (χ2n) is 4.08. The van der Waals surface area contributed by atoms with Gasteiger partial charge in [0.05, 0.1) is 11.4 Å². The zero-order chi connectivity index (χ0) is 14.5. The van der Waals surface area contributed by atoms with Crippen molar-refractivity contribution in [3.63, 3.8) is 0 Å². The van der Waals surface area contributed by atoms with Crippen LogP contribution in [0.1, 0.15) is 24.9 Å². The zero-order valence-electron chi connectivity index (χ0n) is 11.0. The van der Waals surface area contributed by atoms with Gasteiger partial charge in [-0.1, -0.05) is 19.1 Å². The van der Waals surface area contributed by atoms with Crippen LogP contribution < -0.4 is 15.8 Å². The molecule has 0 aliphatic carbocycles. The van der Waals surface area contributed by atoms with Crippen LogP contribution in [0.4, 0.5) is 0 Å². The first kappa shape index (κ1) is 15.6. The average Bonchev–Trinajstić information content (AvgIpc) is 2.44. The molecule has 1 unspecified atom stereocenters. The van der Waals surface area contributed by atoms with Crippen molar-refractivity contribution >= 4 is 15.9 Å². The minimum atomic E-state index is -3.70. The van der Waals surface area contributed by atoms with Crippen LogP contribution in [0.5, 0.6) is 0 Å². The van der Waals surface area contributed by atoms with E-state index in [2.05, 4.69) is 10.0 Å². The molecule has 0 aliphatic heterocycles. The van der Waals surface area contributed by atoms with E-state index in [9.17, 15) is 13.2 Å².